The van der Waals surface area contributed by atoms with Crippen molar-refractivity contribution in [3.05, 3.63) is 52.6 Å². The van der Waals surface area contributed by atoms with E-state index in [2.05, 4.69) is 4.72 Å². The van der Waals surface area contributed by atoms with Gasteiger partial charge >= 0.3 is 5.97 Å². The quantitative estimate of drug-likeness (QED) is 0.198. The zero-order chi connectivity index (χ0) is 24.4. The van der Waals surface area contributed by atoms with Crippen LogP contribution in [0.2, 0.25) is 0 Å². The number of nitrogens with one attached hydrogen (secondary N) is 1. The Bertz CT molecular complexity index is 1060. The van der Waals surface area contributed by atoms with Gasteiger partial charge in [-0.05, 0) is 42.8 Å². The number of esters is 1. The summed E-state index contributed by atoms with van der Waals surface area (Å²) in [7, 11) is -0.950. The van der Waals surface area contributed by atoms with Gasteiger partial charge in [-0.3, -0.25) is 14.9 Å². The minimum absolute atomic E-state index is 0.0752. The third-order valence-corrected chi connectivity index (χ3v) is 5.65. The zero-order valence-corrected chi connectivity index (χ0v) is 19.5. The van der Waals surface area contributed by atoms with Crippen molar-refractivity contribution in [2.75, 3.05) is 45.4 Å². The van der Waals surface area contributed by atoms with Gasteiger partial charge in [0, 0.05) is 20.2 Å². The number of rotatable bonds is 13. The van der Waals surface area contributed by atoms with E-state index < -0.39 is 27.5 Å². The van der Waals surface area contributed by atoms with Crippen LogP contribution >= 0.6 is 0 Å². The van der Waals surface area contributed by atoms with Gasteiger partial charge in [-0.2, -0.15) is 4.72 Å². The lowest BCUT2D eigenvalue weighted by Crippen LogP contribution is -2.31. The van der Waals surface area contributed by atoms with Crippen LogP contribution in [-0.4, -0.2) is 59.8 Å². The Morgan fingerprint density at radius 3 is 2.18 bits per heavy atom. The molecule has 11 nitrogen and oxygen atoms in total. The summed E-state index contributed by atoms with van der Waals surface area (Å²) in [5.41, 5.74) is -0.117. The van der Waals surface area contributed by atoms with Gasteiger partial charge in [0.1, 0.15) is 36.9 Å². The molecule has 0 atom stereocenters. The molecule has 0 aliphatic carbocycles. The molecule has 1 N–H and O–H groups in total. The van der Waals surface area contributed by atoms with Crippen molar-refractivity contribution in [3.63, 3.8) is 0 Å². The first-order valence-electron chi connectivity index (χ1n) is 10.1. The molecule has 180 valence electrons. The monoisotopic (exact) mass is 481 g/mol. The van der Waals surface area contributed by atoms with Crippen LogP contribution in [0, 0.1) is 10.1 Å². The van der Waals surface area contributed by atoms with Gasteiger partial charge < -0.3 is 19.1 Å². The van der Waals surface area contributed by atoms with Gasteiger partial charge in [0.25, 0.3) is 5.69 Å². The van der Waals surface area contributed by atoms with E-state index in [-0.39, 0.29) is 29.5 Å². The Labute approximate surface area is 192 Å². The van der Waals surface area contributed by atoms with Crippen LogP contribution in [0.1, 0.15) is 13.3 Å². The first-order valence-corrected chi connectivity index (χ1v) is 11.6. The fraction of sp³-hybridized carbons (Fsp3) is 0.381. The summed E-state index contributed by atoms with van der Waals surface area (Å²) >= 11 is 0. The topological polar surface area (TPSA) is 137 Å². The van der Waals surface area contributed by atoms with Gasteiger partial charge in [-0.25, -0.2) is 8.42 Å². The van der Waals surface area contributed by atoms with E-state index in [9.17, 15) is 23.3 Å². The van der Waals surface area contributed by atoms with Gasteiger partial charge in [-0.15, -0.1) is 0 Å². The molecule has 2 aromatic carbocycles. The summed E-state index contributed by atoms with van der Waals surface area (Å²) < 4.78 is 42.8. The van der Waals surface area contributed by atoms with E-state index in [1.165, 1.54) is 17.0 Å². The van der Waals surface area contributed by atoms with E-state index >= 15 is 0 Å². The fourth-order valence-electron chi connectivity index (χ4n) is 2.65. The van der Waals surface area contributed by atoms with Crippen LogP contribution in [0.3, 0.4) is 0 Å². The summed E-state index contributed by atoms with van der Waals surface area (Å²) in [5, 5.41) is 11.3. The summed E-state index contributed by atoms with van der Waals surface area (Å²) in [4.78, 5) is 23.6. The lowest BCUT2D eigenvalue weighted by molar-refractivity contribution is -0.384. The summed E-state index contributed by atoms with van der Waals surface area (Å²) in [6, 6.07) is 10.5. The van der Waals surface area contributed by atoms with E-state index in [1.807, 2.05) is 6.92 Å². The lowest BCUT2D eigenvalue weighted by Gasteiger charge is -2.14. The Hall–Kier alpha value is -3.38. The van der Waals surface area contributed by atoms with Gasteiger partial charge in [0.05, 0.1) is 16.4 Å². The highest BCUT2D eigenvalue weighted by molar-refractivity contribution is 7.89. The molecule has 0 aliphatic heterocycles. The number of hydrogen-bond donors (Lipinski definition) is 1. The number of carbonyl (C=O) groups is 1. The third kappa shape index (κ3) is 7.91. The molecule has 0 unspecified atom stereocenters. The van der Waals surface area contributed by atoms with E-state index in [4.69, 9.17) is 14.2 Å². The largest absolute Gasteiger partial charge is 0.494 e. The second-order valence-corrected chi connectivity index (χ2v) is 8.78. The Morgan fingerprint density at radius 2 is 1.64 bits per heavy atom. The average molecular weight is 482 g/mol. The molecular weight excluding hydrogens is 454 g/mol. The maximum absolute atomic E-state index is 12.4. The van der Waals surface area contributed by atoms with Crippen molar-refractivity contribution in [2.45, 2.75) is 18.2 Å². The number of nitro benzene ring substituents is 1. The lowest BCUT2D eigenvalue weighted by atomic mass is 10.2. The minimum Gasteiger partial charge on any atom is -0.494 e. The summed E-state index contributed by atoms with van der Waals surface area (Å²) in [5.74, 6) is 0.480. The van der Waals surface area contributed by atoms with E-state index in [0.29, 0.717) is 12.4 Å². The van der Waals surface area contributed by atoms with E-state index in [0.717, 1.165) is 18.2 Å². The first kappa shape index (κ1) is 25.9. The second-order valence-electron chi connectivity index (χ2n) is 7.02. The average Bonchev–Trinajstić information content (AvgIpc) is 2.79. The van der Waals surface area contributed by atoms with Crippen molar-refractivity contribution < 1.29 is 32.3 Å². The molecule has 0 aliphatic rings. The SMILES string of the molecule is CCCOc1ccc(OCCOC(=O)CNS(=O)(=O)c2ccc(N(C)C)c([N+](=O)[O-])c2)cc1. The normalized spacial score (nSPS) is 11.0. The van der Waals surface area contributed by atoms with Crippen LogP contribution in [0.15, 0.2) is 47.4 Å². The molecule has 0 radical (unpaired) electrons. The second kappa shape index (κ2) is 12.0. The predicted octanol–water partition coefficient (Wildman–Crippen LogP) is 2.35. The predicted molar refractivity (Wildman–Crippen MR) is 121 cm³/mol. The molecule has 0 amide bonds. The van der Waals surface area contributed by atoms with Crippen molar-refractivity contribution >= 4 is 27.4 Å². The molecule has 0 saturated heterocycles. The van der Waals surface area contributed by atoms with Crippen LogP contribution < -0.4 is 19.1 Å². The molecule has 0 spiro atoms. The number of carbonyl (C=O) groups excluding carboxylic acids is 1. The van der Waals surface area contributed by atoms with Crippen LogP contribution in [-0.2, 0) is 19.6 Å². The number of benzene rings is 2. The molecule has 2 aromatic rings. The van der Waals surface area contributed by atoms with Gasteiger partial charge in [0.2, 0.25) is 10.0 Å². The molecule has 0 bridgehead atoms. The molecule has 0 aromatic heterocycles. The highest BCUT2D eigenvalue weighted by Crippen LogP contribution is 2.29. The maximum atomic E-state index is 12.4. The molecule has 2 rings (SSSR count). The summed E-state index contributed by atoms with van der Waals surface area (Å²) in [6.45, 7) is 2.00. The molecular formula is C21H27N3O8S. The van der Waals surface area contributed by atoms with Crippen LogP contribution in [0.25, 0.3) is 0 Å². The minimum atomic E-state index is -4.16. The molecule has 33 heavy (non-hydrogen) atoms. The smallest absolute Gasteiger partial charge is 0.321 e. The molecule has 0 saturated carbocycles. The molecule has 12 heteroatoms. The van der Waals surface area contributed by atoms with Crippen molar-refractivity contribution in [2.24, 2.45) is 0 Å². The van der Waals surface area contributed by atoms with Crippen molar-refractivity contribution in [1.82, 2.24) is 4.72 Å². The number of ether oxygens (including phenoxy) is 3. The Morgan fingerprint density at radius 1 is 1.03 bits per heavy atom. The Balaban J connectivity index is 1.81. The standard InChI is InChI=1S/C21H27N3O8S/c1-4-11-30-16-5-7-17(8-6-16)31-12-13-32-21(25)15-22-33(28,29)18-9-10-19(23(2)3)20(14-18)24(26)27/h5-10,14,22H,4,11-13,15H2,1-3H3. The Kier molecular flexibility index (Phi) is 9.43. The summed E-state index contributed by atoms with van der Waals surface area (Å²) in [6.07, 6.45) is 0.905. The molecule has 0 fully saturated rings. The van der Waals surface area contributed by atoms with E-state index in [1.54, 1.807) is 38.4 Å². The van der Waals surface area contributed by atoms with Crippen molar-refractivity contribution in [1.29, 1.82) is 0 Å². The maximum Gasteiger partial charge on any atom is 0.321 e. The van der Waals surface area contributed by atoms with Crippen LogP contribution in [0.5, 0.6) is 11.5 Å². The van der Waals surface area contributed by atoms with Crippen LogP contribution in [0.4, 0.5) is 11.4 Å². The highest BCUT2D eigenvalue weighted by Gasteiger charge is 2.23. The number of sulfonamides is 1. The van der Waals surface area contributed by atoms with Gasteiger partial charge in [-0.1, -0.05) is 6.92 Å². The zero-order valence-electron chi connectivity index (χ0n) is 18.6. The first-order chi connectivity index (χ1) is 15.6. The molecule has 0 heterocycles. The fourth-order valence-corrected chi connectivity index (χ4v) is 3.64. The number of hydrogen-bond acceptors (Lipinski definition) is 9. The van der Waals surface area contributed by atoms with Gasteiger partial charge in [0.15, 0.2) is 0 Å². The third-order valence-electron chi connectivity index (χ3n) is 4.25. The highest BCUT2D eigenvalue weighted by atomic mass is 32.2. The van der Waals surface area contributed by atoms with Crippen molar-refractivity contribution in [3.8, 4) is 11.5 Å². The number of nitrogens with zero attached hydrogens (tertiary/aromatic N) is 2. The number of nitro groups is 1. The number of anilines is 1.